The van der Waals surface area contributed by atoms with Gasteiger partial charge in [0.05, 0.1) is 18.1 Å². The van der Waals surface area contributed by atoms with Gasteiger partial charge >= 0.3 is 5.97 Å². The van der Waals surface area contributed by atoms with Gasteiger partial charge in [-0.25, -0.2) is 0 Å². The van der Waals surface area contributed by atoms with Gasteiger partial charge in [-0.1, -0.05) is 19.8 Å². The Morgan fingerprint density at radius 3 is 2.62 bits per heavy atom. The molecule has 0 radical (unpaired) electrons. The van der Waals surface area contributed by atoms with E-state index in [0.29, 0.717) is 6.10 Å². The van der Waals surface area contributed by atoms with Crippen LogP contribution < -0.4 is 0 Å². The van der Waals surface area contributed by atoms with Crippen molar-refractivity contribution in [2.24, 2.45) is 5.92 Å². The van der Waals surface area contributed by atoms with Gasteiger partial charge in [0.25, 0.3) is 0 Å². The lowest BCUT2D eigenvalue weighted by Crippen LogP contribution is -2.45. The Kier molecular flexibility index (Phi) is 3.53. The smallest absolute Gasteiger partial charge is 0.306 e. The number of aliphatic carboxylic acids is 1. The molecule has 0 bridgehead atoms. The van der Waals surface area contributed by atoms with Crippen LogP contribution in [0.2, 0.25) is 0 Å². The Labute approximate surface area is 97.2 Å². The third-order valence-corrected chi connectivity index (χ3v) is 4.04. The van der Waals surface area contributed by atoms with Crippen LogP contribution in [-0.2, 0) is 9.53 Å². The minimum absolute atomic E-state index is 0.192. The fourth-order valence-corrected chi connectivity index (χ4v) is 3.02. The van der Waals surface area contributed by atoms with Crippen LogP contribution in [0.25, 0.3) is 0 Å². The Morgan fingerprint density at radius 2 is 2.12 bits per heavy atom. The quantitative estimate of drug-likeness (QED) is 0.801. The highest BCUT2D eigenvalue weighted by Crippen LogP contribution is 2.42. The Hall–Kier alpha value is -0.570. The topological polar surface area (TPSA) is 46.5 Å². The average molecular weight is 226 g/mol. The van der Waals surface area contributed by atoms with E-state index in [0.717, 1.165) is 38.0 Å². The van der Waals surface area contributed by atoms with Gasteiger partial charge in [0.15, 0.2) is 0 Å². The number of hydrogen-bond acceptors (Lipinski definition) is 2. The Bertz CT molecular complexity index is 258. The fraction of sp³-hybridized carbons (Fsp3) is 0.923. The van der Waals surface area contributed by atoms with Crippen LogP contribution in [0.5, 0.6) is 0 Å². The zero-order valence-corrected chi connectivity index (χ0v) is 10.1. The molecule has 2 rings (SSSR count). The van der Waals surface area contributed by atoms with Crippen LogP contribution in [0.1, 0.15) is 58.3 Å². The summed E-state index contributed by atoms with van der Waals surface area (Å²) in [7, 11) is 0. The van der Waals surface area contributed by atoms with E-state index in [9.17, 15) is 4.79 Å². The number of carbonyl (C=O) groups is 1. The van der Waals surface area contributed by atoms with Gasteiger partial charge in [0, 0.05) is 0 Å². The van der Waals surface area contributed by atoms with Gasteiger partial charge in [-0.2, -0.15) is 0 Å². The van der Waals surface area contributed by atoms with Crippen LogP contribution in [0.4, 0.5) is 0 Å². The first kappa shape index (κ1) is 11.9. The summed E-state index contributed by atoms with van der Waals surface area (Å²) in [5.74, 6) is 0.0178. The Balaban J connectivity index is 1.88. The summed E-state index contributed by atoms with van der Waals surface area (Å²) in [6.45, 7) is 2.26. The van der Waals surface area contributed by atoms with Gasteiger partial charge in [0.2, 0.25) is 0 Å². The van der Waals surface area contributed by atoms with Crippen LogP contribution in [-0.4, -0.2) is 22.8 Å². The molecule has 0 aromatic carbocycles. The molecule has 1 N–H and O–H groups in total. The van der Waals surface area contributed by atoms with Crippen LogP contribution >= 0.6 is 0 Å². The van der Waals surface area contributed by atoms with E-state index < -0.39 is 5.97 Å². The Morgan fingerprint density at radius 1 is 1.38 bits per heavy atom. The monoisotopic (exact) mass is 226 g/mol. The second-order valence-electron chi connectivity index (χ2n) is 5.62. The van der Waals surface area contributed by atoms with Gasteiger partial charge in [-0.3, -0.25) is 4.79 Å². The highest BCUT2D eigenvalue weighted by Gasteiger charge is 2.42. The van der Waals surface area contributed by atoms with E-state index in [1.54, 1.807) is 0 Å². The minimum Gasteiger partial charge on any atom is -0.481 e. The maximum Gasteiger partial charge on any atom is 0.306 e. The molecule has 0 saturated heterocycles. The molecule has 2 saturated carbocycles. The number of hydrogen-bond donors (Lipinski definition) is 1. The summed E-state index contributed by atoms with van der Waals surface area (Å²) in [5.41, 5.74) is -0.312. The largest absolute Gasteiger partial charge is 0.481 e. The number of carboxylic acids is 1. The predicted octanol–water partition coefficient (Wildman–Crippen LogP) is 2.98. The summed E-state index contributed by atoms with van der Waals surface area (Å²) in [6, 6.07) is 0. The molecular formula is C13H22O3. The predicted molar refractivity (Wildman–Crippen MR) is 61.3 cm³/mol. The van der Waals surface area contributed by atoms with Crippen molar-refractivity contribution in [1.29, 1.82) is 0 Å². The molecule has 2 atom stereocenters. The molecular weight excluding hydrogens is 204 g/mol. The van der Waals surface area contributed by atoms with Crippen molar-refractivity contribution in [3.63, 3.8) is 0 Å². The molecule has 16 heavy (non-hydrogen) atoms. The summed E-state index contributed by atoms with van der Waals surface area (Å²) in [6.07, 6.45) is 8.25. The lowest BCUT2D eigenvalue weighted by atomic mass is 9.76. The summed E-state index contributed by atoms with van der Waals surface area (Å²) >= 11 is 0. The van der Waals surface area contributed by atoms with Crippen molar-refractivity contribution < 1.29 is 14.6 Å². The zero-order chi connectivity index (χ0) is 11.6. The van der Waals surface area contributed by atoms with Crippen molar-refractivity contribution in [3.05, 3.63) is 0 Å². The second-order valence-corrected chi connectivity index (χ2v) is 5.62. The van der Waals surface area contributed by atoms with E-state index in [-0.39, 0.29) is 12.0 Å². The molecule has 2 aliphatic carbocycles. The summed E-state index contributed by atoms with van der Waals surface area (Å²) in [5, 5.41) is 8.92. The van der Waals surface area contributed by atoms with Crippen LogP contribution in [0.3, 0.4) is 0 Å². The average Bonchev–Trinajstić information content (AvgIpc) is 2.13. The maximum absolute atomic E-state index is 10.8. The van der Waals surface area contributed by atoms with Crippen molar-refractivity contribution in [3.8, 4) is 0 Å². The van der Waals surface area contributed by atoms with Crippen molar-refractivity contribution in [2.45, 2.75) is 70.0 Å². The third-order valence-electron chi connectivity index (χ3n) is 4.04. The normalized spacial score (nSPS) is 33.1. The molecule has 0 aliphatic heterocycles. The number of rotatable bonds is 4. The fourth-order valence-electron chi connectivity index (χ4n) is 3.02. The van der Waals surface area contributed by atoms with E-state index in [4.69, 9.17) is 9.84 Å². The second kappa shape index (κ2) is 4.74. The maximum atomic E-state index is 10.8. The molecule has 2 aliphatic rings. The van der Waals surface area contributed by atoms with Gasteiger partial charge in [-0.15, -0.1) is 0 Å². The van der Waals surface area contributed by atoms with E-state index in [1.807, 2.05) is 0 Å². The van der Waals surface area contributed by atoms with E-state index in [1.165, 1.54) is 12.8 Å². The van der Waals surface area contributed by atoms with Gasteiger partial charge in [0.1, 0.15) is 0 Å². The summed E-state index contributed by atoms with van der Waals surface area (Å²) in [4.78, 5) is 10.8. The molecule has 3 heteroatoms. The molecule has 2 unspecified atom stereocenters. The highest BCUT2D eigenvalue weighted by atomic mass is 16.5. The van der Waals surface area contributed by atoms with E-state index >= 15 is 0 Å². The first-order chi connectivity index (χ1) is 7.60. The first-order valence-electron chi connectivity index (χ1n) is 6.49. The van der Waals surface area contributed by atoms with Crippen LogP contribution in [0, 0.1) is 5.92 Å². The number of carboxylic acid groups (broad SMARTS) is 1. The molecule has 0 heterocycles. The van der Waals surface area contributed by atoms with Gasteiger partial charge < -0.3 is 9.84 Å². The van der Waals surface area contributed by atoms with Crippen LogP contribution in [0.15, 0.2) is 0 Å². The van der Waals surface area contributed by atoms with Crippen molar-refractivity contribution >= 4 is 5.97 Å². The minimum atomic E-state index is -0.719. The molecule has 2 fully saturated rings. The van der Waals surface area contributed by atoms with Crippen molar-refractivity contribution in [1.82, 2.24) is 0 Å². The molecule has 0 spiro atoms. The molecule has 0 amide bonds. The molecule has 3 nitrogen and oxygen atoms in total. The number of ether oxygens (including phenoxy) is 1. The lowest BCUT2D eigenvalue weighted by molar-refractivity contribution is -0.172. The zero-order valence-electron chi connectivity index (χ0n) is 10.1. The third kappa shape index (κ3) is 2.76. The first-order valence-corrected chi connectivity index (χ1v) is 6.49. The summed E-state index contributed by atoms with van der Waals surface area (Å²) < 4.78 is 6.12. The lowest BCUT2D eigenvalue weighted by Gasteiger charge is -2.44. The highest BCUT2D eigenvalue weighted by molar-refractivity contribution is 5.68. The SMILES string of the molecule is CC1CCCC(OC2(CC(=O)O)CCC2)C1. The standard InChI is InChI=1S/C13H22O3/c1-10-4-2-5-11(8-10)16-13(6-3-7-13)9-12(14)15/h10-11H,2-9H2,1H3,(H,14,15). The van der Waals surface area contributed by atoms with Crippen molar-refractivity contribution in [2.75, 3.05) is 0 Å². The van der Waals surface area contributed by atoms with E-state index in [2.05, 4.69) is 6.92 Å². The molecule has 0 aromatic rings. The molecule has 92 valence electrons. The molecule has 0 aromatic heterocycles. The van der Waals surface area contributed by atoms with Gasteiger partial charge in [-0.05, 0) is 38.0 Å².